The van der Waals surface area contributed by atoms with Crippen LogP contribution in [0.5, 0.6) is 0 Å². The summed E-state index contributed by atoms with van der Waals surface area (Å²) in [7, 11) is 0. The molecule has 7 heteroatoms. The van der Waals surface area contributed by atoms with Gasteiger partial charge in [0.15, 0.2) is 11.6 Å². The Labute approximate surface area is 145 Å². The first kappa shape index (κ1) is 15.9. The third-order valence-electron chi connectivity index (χ3n) is 5.11. The van der Waals surface area contributed by atoms with Crippen molar-refractivity contribution in [3.63, 3.8) is 0 Å². The summed E-state index contributed by atoms with van der Waals surface area (Å²) in [6.45, 7) is 4.12. The summed E-state index contributed by atoms with van der Waals surface area (Å²) in [6, 6.07) is 2.33. The summed E-state index contributed by atoms with van der Waals surface area (Å²) in [5.41, 5.74) is 1.59. The molecule has 4 rings (SSSR count). The Morgan fingerprint density at radius 3 is 2.52 bits per heavy atom. The van der Waals surface area contributed by atoms with Crippen molar-refractivity contribution in [2.75, 3.05) is 5.32 Å². The summed E-state index contributed by atoms with van der Waals surface area (Å²) in [6.07, 6.45) is 7.16. The Bertz CT molecular complexity index is 798. The van der Waals surface area contributed by atoms with Crippen LogP contribution >= 0.6 is 0 Å². The van der Waals surface area contributed by atoms with E-state index >= 15 is 0 Å². The zero-order valence-electron chi connectivity index (χ0n) is 14.2. The molecule has 2 saturated heterocycles. The first-order valence-corrected chi connectivity index (χ1v) is 8.55. The highest BCUT2D eigenvalue weighted by molar-refractivity contribution is 5.90. The fourth-order valence-corrected chi connectivity index (χ4v) is 3.94. The molecule has 2 unspecified atom stereocenters. The SMILES string of the molecule is Cc1cnc(NC(=O)N2C3CC(C)C[C@@H]2C3)cc1-c1ncc(F)cn1. The highest BCUT2D eigenvalue weighted by Gasteiger charge is 2.46. The number of nitrogens with zero attached hydrogens (tertiary/aromatic N) is 4. The number of carbonyl (C=O) groups is 1. The first-order chi connectivity index (χ1) is 12.0. The van der Waals surface area contributed by atoms with E-state index in [2.05, 4.69) is 27.2 Å². The molecule has 2 aromatic rings. The normalized spacial score (nSPS) is 24.6. The molecular formula is C18H20FN5O. The number of urea groups is 1. The van der Waals surface area contributed by atoms with Crippen LogP contribution in [0.3, 0.4) is 0 Å². The van der Waals surface area contributed by atoms with Gasteiger partial charge in [-0.05, 0) is 43.7 Å². The number of pyridine rings is 1. The minimum atomic E-state index is -0.484. The van der Waals surface area contributed by atoms with E-state index in [4.69, 9.17) is 0 Å². The largest absolute Gasteiger partial charge is 0.323 e. The van der Waals surface area contributed by atoms with Crippen LogP contribution in [-0.4, -0.2) is 38.0 Å². The molecule has 2 aliphatic heterocycles. The predicted octanol–water partition coefficient (Wildman–Crippen LogP) is 3.39. The van der Waals surface area contributed by atoms with Crippen molar-refractivity contribution >= 4 is 11.8 Å². The quantitative estimate of drug-likeness (QED) is 0.909. The molecule has 1 N–H and O–H groups in total. The Balaban J connectivity index is 1.53. The highest BCUT2D eigenvalue weighted by Crippen LogP contribution is 2.41. The molecule has 4 heterocycles. The molecule has 25 heavy (non-hydrogen) atoms. The Kier molecular flexibility index (Phi) is 3.86. The number of hydrogen-bond donors (Lipinski definition) is 1. The third kappa shape index (κ3) is 2.94. The minimum absolute atomic E-state index is 0.101. The lowest BCUT2D eigenvalue weighted by molar-refractivity contribution is -0.00603. The van der Waals surface area contributed by atoms with Gasteiger partial charge in [-0.25, -0.2) is 24.1 Å². The van der Waals surface area contributed by atoms with Crippen LogP contribution in [0.2, 0.25) is 0 Å². The molecule has 2 amide bonds. The number of aromatic nitrogens is 3. The number of hydrogen-bond acceptors (Lipinski definition) is 4. The van der Waals surface area contributed by atoms with Crippen LogP contribution in [0.4, 0.5) is 15.0 Å². The van der Waals surface area contributed by atoms with E-state index in [1.165, 1.54) is 0 Å². The maximum absolute atomic E-state index is 13.0. The molecule has 6 nitrogen and oxygen atoms in total. The smallest absolute Gasteiger partial charge is 0.318 e. The van der Waals surface area contributed by atoms with Crippen LogP contribution in [0.1, 0.15) is 31.7 Å². The monoisotopic (exact) mass is 341 g/mol. The Morgan fingerprint density at radius 2 is 1.84 bits per heavy atom. The minimum Gasteiger partial charge on any atom is -0.318 e. The van der Waals surface area contributed by atoms with Gasteiger partial charge in [-0.2, -0.15) is 0 Å². The zero-order valence-corrected chi connectivity index (χ0v) is 14.2. The molecule has 0 saturated carbocycles. The standard InChI is InChI=1S/C18H20FN5O/c1-10-3-13-5-14(4-10)24(13)18(25)23-16-6-15(11(2)7-20-16)17-21-8-12(19)9-22-17/h6-10,13-14H,3-5H2,1-2H3,(H,20,23,25)/t10?,13-,14?/m1/s1. The molecule has 2 aromatic heterocycles. The van der Waals surface area contributed by atoms with E-state index in [0.717, 1.165) is 42.8 Å². The third-order valence-corrected chi connectivity index (χ3v) is 5.11. The molecule has 2 aliphatic rings. The van der Waals surface area contributed by atoms with Gasteiger partial charge in [0.05, 0.1) is 12.4 Å². The lowest BCUT2D eigenvalue weighted by Gasteiger charge is -2.54. The maximum atomic E-state index is 13.0. The molecule has 0 aliphatic carbocycles. The maximum Gasteiger partial charge on any atom is 0.323 e. The van der Waals surface area contributed by atoms with Gasteiger partial charge in [0.1, 0.15) is 5.82 Å². The second-order valence-electron chi connectivity index (χ2n) is 7.07. The fraction of sp³-hybridized carbons (Fsp3) is 0.444. The van der Waals surface area contributed by atoms with E-state index in [1.54, 1.807) is 12.3 Å². The van der Waals surface area contributed by atoms with Crippen LogP contribution in [0.25, 0.3) is 11.4 Å². The van der Waals surface area contributed by atoms with Crippen molar-refractivity contribution in [2.24, 2.45) is 5.92 Å². The summed E-state index contributed by atoms with van der Waals surface area (Å²) in [5, 5.41) is 2.88. The second-order valence-corrected chi connectivity index (χ2v) is 7.07. The van der Waals surface area contributed by atoms with Gasteiger partial charge in [0, 0.05) is 23.8 Å². The summed E-state index contributed by atoms with van der Waals surface area (Å²) >= 11 is 0. The van der Waals surface area contributed by atoms with Crippen LogP contribution in [0, 0.1) is 18.7 Å². The molecule has 2 bridgehead atoms. The number of fused-ring (bicyclic) bond motifs is 2. The molecule has 130 valence electrons. The highest BCUT2D eigenvalue weighted by atomic mass is 19.1. The number of halogens is 1. The van der Waals surface area contributed by atoms with E-state index in [9.17, 15) is 9.18 Å². The molecule has 0 aromatic carbocycles. The van der Waals surface area contributed by atoms with Crippen molar-refractivity contribution in [1.82, 2.24) is 19.9 Å². The number of aryl methyl sites for hydroxylation is 1. The fourth-order valence-electron chi connectivity index (χ4n) is 3.94. The number of amides is 2. The van der Waals surface area contributed by atoms with Crippen LogP contribution < -0.4 is 5.32 Å². The average molecular weight is 341 g/mol. The van der Waals surface area contributed by atoms with Crippen molar-refractivity contribution in [3.05, 3.63) is 36.0 Å². The van der Waals surface area contributed by atoms with Crippen molar-refractivity contribution in [2.45, 2.75) is 45.2 Å². The summed E-state index contributed by atoms with van der Waals surface area (Å²) in [5.74, 6) is 1.07. The average Bonchev–Trinajstić information content (AvgIpc) is 2.57. The molecule has 0 spiro atoms. The number of carbonyl (C=O) groups excluding carboxylic acids is 1. The lowest BCUT2D eigenvalue weighted by atomic mass is 9.74. The second kappa shape index (κ2) is 6.06. The van der Waals surface area contributed by atoms with Gasteiger partial charge < -0.3 is 4.90 Å². The van der Waals surface area contributed by atoms with Crippen molar-refractivity contribution in [3.8, 4) is 11.4 Å². The van der Waals surface area contributed by atoms with Gasteiger partial charge in [0.2, 0.25) is 0 Å². The number of piperidine rings is 1. The summed E-state index contributed by atoms with van der Waals surface area (Å²) in [4.78, 5) is 26.8. The number of nitrogens with one attached hydrogen (secondary N) is 1. The molecular weight excluding hydrogens is 321 g/mol. The Morgan fingerprint density at radius 1 is 1.16 bits per heavy atom. The topological polar surface area (TPSA) is 71.0 Å². The van der Waals surface area contributed by atoms with Crippen LogP contribution in [0.15, 0.2) is 24.7 Å². The van der Waals surface area contributed by atoms with Gasteiger partial charge in [-0.1, -0.05) is 6.92 Å². The first-order valence-electron chi connectivity index (χ1n) is 8.55. The van der Waals surface area contributed by atoms with Crippen molar-refractivity contribution in [1.29, 1.82) is 0 Å². The van der Waals surface area contributed by atoms with Gasteiger partial charge in [0.25, 0.3) is 0 Å². The predicted molar refractivity (Wildman–Crippen MR) is 91.4 cm³/mol. The Hall–Kier alpha value is -2.57. The van der Waals surface area contributed by atoms with E-state index < -0.39 is 5.82 Å². The van der Waals surface area contributed by atoms with Gasteiger partial charge in [-0.3, -0.25) is 5.32 Å². The van der Waals surface area contributed by atoms with Crippen LogP contribution in [-0.2, 0) is 0 Å². The lowest BCUT2D eigenvalue weighted by Crippen LogP contribution is -2.63. The van der Waals surface area contributed by atoms with E-state index in [-0.39, 0.29) is 6.03 Å². The number of rotatable bonds is 2. The summed E-state index contributed by atoms with van der Waals surface area (Å²) < 4.78 is 13.0. The molecule has 2 fully saturated rings. The van der Waals surface area contributed by atoms with E-state index in [1.807, 2.05) is 11.8 Å². The van der Waals surface area contributed by atoms with Crippen molar-refractivity contribution < 1.29 is 9.18 Å². The number of anilines is 1. The van der Waals surface area contributed by atoms with E-state index in [0.29, 0.717) is 29.6 Å². The molecule has 0 radical (unpaired) electrons. The van der Waals surface area contributed by atoms with Gasteiger partial charge in [-0.15, -0.1) is 0 Å². The van der Waals surface area contributed by atoms with Gasteiger partial charge >= 0.3 is 6.03 Å². The molecule has 3 atom stereocenters. The zero-order chi connectivity index (χ0) is 17.6.